The molecule has 0 saturated heterocycles. The maximum absolute atomic E-state index is 12.1. The van der Waals surface area contributed by atoms with Gasteiger partial charge >= 0.3 is 0 Å². The molecule has 1 N–H and O–H groups in total. The van der Waals surface area contributed by atoms with Crippen molar-refractivity contribution in [3.05, 3.63) is 39.0 Å². The van der Waals surface area contributed by atoms with Crippen molar-refractivity contribution in [2.45, 2.75) is 4.34 Å². The van der Waals surface area contributed by atoms with Gasteiger partial charge in [-0.3, -0.25) is 4.79 Å². The molecule has 1 aromatic carbocycles. The Morgan fingerprint density at radius 2 is 2.25 bits per heavy atom. The van der Waals surface area contributed by atoms with E-state index in [0.29, 0.717) is 4.88 Å². The van der Waals surface area contributed by atoms with Crippen molar-refractivity contribution < 1.29 is 4.79 Å². The van der Waals surface area contributed by atoms with E-state index in [-0.39, 0.29) is 5.91 Å². The van der Waals surface area contributed by atoms with Crippen LogP contribution in [0.5, 0.6) is 0 Å². The lowest BCUT2D eigenvalue weighted by Crippen LogP contribution is -2.10. The minimum absolute atomic E-state index is 0.0965. The van der Waals surface area contributed by atoms with Gasteiger partial charge in [0.2, 0.25) is 0 Å². The number of halogens is 1. The maximum atomic E-state index is 12.1. The monoisotopic (exact) mass is 384 g/mol. The Morgan fingerprint density at radius 3 is 2.95 bits per heavy atom. The second kappa shape index (κ2) is 5.85. The molecule has 0 radical (unpaired) electrons. The van der Waals surface area contributed by atoms with Crippen LogP contribution in [0, 0.1) is 0 Å². The van der Waals surface area contributed by atoms with Crippen molar-refractivity contribution in [3.8, 4) is 0 Å². The number of hydrogen-bond acceptors (Lipinski definition) is 5. The van der Waals surface area contributed by atoms with Gasteiger partial charge in [0, 0.05) is 10.2 Å². The lowest BCUT2D eigenvalue weighted by atomic mass is 10.3. The molecule has 3 nitrogen and oxygen atoms in total. The van der Waals surface area contributed by atoms with Crippen LogP contribution >= 0.6 is 50.4 Å². The molecule has 2 aromatic heterocycles. The van der Waals surface area contributed by atoms with Gasteiger partial charge in [0.25, 0.3) is 5.91 Å². The van der Waals surface area contributed by atoms with Crippen LogP contribution in [0.15, 0.2) is 38.5 Å². The molecule has 0 fully saturated rings. The number of carbonyl (C=O) groups is 1. The number of thiazole rings is 1. The highest BCUT2D eigenvalue weighted by Crippen LogP contribution is 2.30. The zero-order chi connectivity index (χ0) is 14.1. The van der Waals surface area contributed by atoms with Gasteiger partial charge in [-0.05, 0) is 51.8 Å². The fraction of sp³-hybridized carbons (Fsp3) is 0.0769. The van der Waals surface area contributed by atoms with Crippen LogP contribution in [-0.2, 0) is 0 Å². The fourth-order valence-corrected chi connectivity index (χ4v) is 4.69. The van der Waals surface area contributed by atoms with Gasteiger partial charge < -0.3 is 5.32 Å². The van der Waals surface area contributed by atoms with Gasteiger partial charge in [-0.2, -0.15) is 0 Å². The average molecular weight is 385 g/mol. The van der Waals surface area contributed by atoms with Crippen LogP contribution in [0.2, 0.25) is 0 Å². The third-order valence-corrected chi connectivity index (χ3v) is 6.46. The zero-order valence-corrected chi connectivity index (χ0v) is 14.4. The van der Waals surface area contributed by atoms with Crippen molar-refractivity contribution in [2.75, 3.05) is 11.6 Å². The highest BCUT2D eigenvalue weighted by molar-refractivity contribution is 9.10. The van der Waals surface area contributed by atoms with Crippen molar-refractivity contribution in [1.82, 2.24) is 4.98 Å². The minimum Gasteiger partial charge on any atom is -0.321 e. The molecule has 0 saturated carbocycles. The van der Waals surface area contributed by atoms with Gasteiger partial charge in [-0.1, -0.05) is 11.8 Å². The summed E-state index contributed by atoms with van der Waals surface area (Å²) in [7, 11) is 0. The topological polar surface area (TPSA) is 42.0 Å². The second-order valence-corrected chi connectivity index (χ2v) is 7.77. The molecule has 0 bridgehead atoms. The molecule has 0 aliphatic rings. The Hall–Kier alpha value is -0.890. The Morgan fingerprint density at radius 1 is 1.40 bits per heavy atom. The third kappa shape index (κ3) is 2.76. The summed E-state index contributed by atoms with van der Waals surface area (Å²) >= 11 is 8.05. The van der Waals surface area contributed by atoms with E-state index in [2.05, 4.69) is 26.2 Å². The Labute approximate surface area is 136 Å². The minimum atomic E-state index is -0.0965. The predicted octanol–water partition coefficient (Wildman–Crippen LogP) is 5.09. The summed E-state index contributed by atoms with van der Waals surface area (Å²) in [5.74, 6) is -0.0965. The zero-order valence-electron chi connectivity index (χ0n) is 10.3. The second-order valence-electron chi connectivity index (χ2n) is 3.92. The van der Waals surface area contributed by atoms with Crippen LogP contribution in [0.4, 0.5) is 5.69 Å². The van der Waals surface area contributed by atoms with Gasteiger partial charge in [-0.15, -0.1) is 22.7 Å². The highest BCUT2D eigenvalue weighted by atomic mass is 79.9. The van der Waals surface area contributed by atoms with E-state index in [1.54, 1.807) is 23.1 Å². The van der Waals surface area contributed by atoms with E-state index in [0.717, 1.165) is 24.7 Å². The third-order valence-electron chi connectivity index (χ3n) is 2.62. The molecule has 102 valence electrons. The number of benzene rings is 1. The fourth-order valence-electron chi connectivity index (χ4n) is 1.71. The number of rotatable bonds is 3. The molecule has 1 amide bonds. The van der Waals surface area contributed by atoms with E-state index in [4.69, 9.17) is 0 Å². The molecular weight excluding hydrogens is 376 g/mol. The van der Waals surface area contributed by atoms with Crippen LogP contribution in [0.3, 0.4) is 0 Å². The number of nitrogens with zero attached hydrogens (tertiary/aromatic N) is 1. The molecule has 0 aliphatic heterocycles. The van der Waals surface area contributed by atoms with Crippen LogP contribution in [-0.4, -0.2) is 17.1 Å². The summed E-state index contributed by atoms with van der Waals surface area (Å²) in [5, 5.41) is 4.80. The number of fused-ring (bicyclic) bond motifs is 1. The standard InChI is InChI=1S/C13H9BrN2OS3/c1-18-13-16-9-3-2-7(6-10(9)20-13)15-12(17)11-8(14)4-5-19-11/h2-6H,1H3,(H,15,17). The molecule has 3 rings (SSSR count). The van der Waals surface area contributed by atoms with Gasteiger partial charge in [0.05, 0.1) is 10.2 Å². The van der Waals surface area contributed by atoms with Crippen molar-refractivity contribution in [3.63, 3.8) is 0 Å². The van der Waals surface area contributed by atoms with Crippen molar-refractivity contribution >= 4 is 72.2 Å². The number of thioether (sulfide) groups is 1. The van der Waals surface area contributed by atoms with Crippen molar-refractivity contribution in [2.24, 2.45) is 0 Å². The summed E-state index contributed by atoms with van der Waals surface area (Å²) in [5.41, 5.74) is 1.76. The summed E-state index contributed by atoms with van der Waals surface area (Å²) in [6.45, 7) is 0. The number of aromatic nitrogens is 1. The summed E-state index contributed by atoms with van der Waals surface area (Å²) < 4.78 is 2.94. The molecule has 0 spiro atoms. The number of carbonyl (C=O) groups excluding carboxylic acids is 1. The Balaban J connectivity index is 1.87. The smallest absolute Gasteiger partial charge is 0.266 e. The number of amides is 1. The first-order valence-corrected chi connectivity index (χ1v) is 9.37. The molecule has 20 heavy (non-hydrogen) atoms. The molecular formula is C13H9BrN2OS3. The van der Waals surface area contributed by atoms with Crippen LogP contribution < -0.4 is 5.32 Å². The normalized spacial score (nSPS) is 10.9. The summed E-state index contributed by atoms with van der Waals surface area (Å²) in [6.07, 6.45) is 2.01. The van der Waals surface area contributed by atoms with Crippen molar-refractivity contribution in [1.29, 1.82) is 0 Å². The van der Waals surface area contributed by atoms with E-state index in [9.17, 15) is 4.79 Å². The number of hydrogen-bond donors (Lipinski definition) is 1. The predicted molar refractivity (Wildman–Crippen MR) is 91.4 cm³/mol. The molecule has 7 heteroatoms. The Kier molecular flexibility index (Phi) is 4.11. The first kappa shape index (κ1) is 14.1. The number of thiophene rings is 1. The van der Waals surface area contributed by atoms with E-state index >= 15 is 0 Å². The molecule has 0 atom stereocenters. The molecule has 2 heterocycles. The molecule has 0 unspecified atom stereocenters. The van der Waals surface area contributed by atoms with Gasteiger partial charge in [0.15, 0.2) is 4.34 Å². The number of anilines is 1. The first-order chi connectivity index (χ1) is 9.67. The quantitative estimate of drug-likeness (QED) is 0.639. The first-order valence-electron chi connectivity index (χ1n) is 5.66. The Bertz CT molecular complexity index is 781. The van der Waals surface area contributed by atoms with E-state index in [1.165, 1.54) is 11.3 Å². The lowest BCUT2D eigenvalue weighted by Gasteiger charge is -2.03. The van der Waals surface area contributed by atoms with E-state index < -0.39 is 0 Å². The average Bonchev–Trinajstić information content (AvgIpc) is 3.03. The largest absolute Gasteiger partial charge is 0.321 e. The number of nitrogens with one attached hydrogen (secondary N) is 1. The summed E-state index contributed by atoms with van der Waals surface area (Å²) in [6, 6.07) is 7.65. The van der Waals surface area contributed by atoms with Crippen LogP contribution in [0.1, 0.15) is 9.67 Å². The molecule has 3 aromatic rings. The van der Waals surface area contributed by atoms with Gasteiger partial charge in [0.1, 0.15) is 4.88 Å². The summed E-state index contributed by atoms with van der Waals surface area (Å²) in [4.78, 5) is 17.3. The van der Waals surface area contributed by atoms with E-state index in [1.807, 2.05) is 35.9 Å². The highest BCUT2D eigenvalue weighted by Gasteiger charge is 2.12. The SMILES string of the molecule is CSc1nc2ccc(NC(=O)c3sccc3Br)cc2s1. The lowest BCUT2D eigenvalue weighted by molar-refractivity contribution is 0.103. The van der Waals surface area contributed by atoms with Gasteiger partial charge in [-0.25, -0.2) is 4.98 Å². The van der Waals surface area contributed by atoms with Crippen LogP contribution in [0.25, 0.3) is 10.2 Å². The molecule has 0 aliphatic carbocycles. The maximum Gasteiger partial charge on any atom is 0.266 e.